The van der Waals surface area contributed by atoms with Crippen LogP contribution in [0, 0.1) is 0 Å². The van der Waals surface area contributed by atoms with Gasteiger partial charge in [-0.05, 0) is 28.1 Å². The fourth-order valence-corrected chi connectivity index (χ4v) is 1.31. The Bertz CT molecular complexity index is 383. The molecule has 0 aliphatic heterocycles. The van der Waals surface area contributed by atoms with E-state index in [1.807, 2.05) is 36.7 Å². The summed E-state index contributed by atoms with van der Waals surface area (Å²) >= 11 is 3.29. The molecule has 0 spiro atoms. The fourth-order valence-electron chi connectivity index (χ4n) is 1.08. The van der Waals surface area contributed by atoms with E-state index in [4.69, 9.17) is 0 Å². The second-order valence-electron chi connectivity index (χ2n) is 2.61. The Morgan fingerprint density at radius 1 is 1.00 bits per heavy atom. The first kappa shape index (κ1) is 8.38. The lowest BCUT2D eigenvalue weighted by atomic mass is 10.1. The van der Waals surface area contributed by atoms with Crippen molar-refractivity contribution in [2.45, 2.75) is 0 Å². The smallest absolute Gasteiger partial charge is 0.106 e. The van der Waals surface area contributed by atoms with E-state index in [1.54, 1.807) is 6.20 Å². The number of hydrogen-bond acceptors (Lipinski definition) is 2. The Morgan fingerprint density at radius 3 is 2.46 bits per heavy atom. The van der Waals surface area contributed by atoms with Gasteiger partial charge < -0.3 is 0 Å². The first-order valence-corrected chi connectivity index (χ1v) is 4.67. The highest BCUT2D eigenvalue weighted by molar-refractivity contribution is 9.10. The van der Waals surface area contributed by atoms with E-state index in [9.17, 15) is 0 Å². The summed E-state index contributed by atoms with van der Waals surface area (Å²) in [6, 6.07) is 7.85. The Morgan fingerprint density at radius 2 is 1.85 bits per heavy atom. The molecule has 0 fully saturated rings. The summed E-state index contributed by atoms with van der Waals surface area (Å²) in [5.74, 6) is 0. The molecular weight excluding hydrogens is 228 g/mol. The lowest BCUT2D eigenvalue weighted by molar-refractivity contribution is 1.27. The van der Waals surface area contributed by atoms with Crippen LogP contribution < -0.4 is 0 Å². The molecule has 2 nitrogen and oxygen atoms in total. The molecule has 0 atom stereocenters. The van der Waals surface area contributed by atoms with Crippen LogP contribution in [0.5, 0.6) is 0 Å². The van der Waals surface area contributed by atoms with Crippen LogP contribution in [0.3, 0.4) is 0 Å². The maximum Gasteiger partial charge on any atom is 0.106 e. The summed E-state index contributed by atoms with van der Waals surface area (Å²) in [6.45, 7) is 0. The standard InChI is InChI=1S/C10H7BrN2/c11-10-4-3-9(7-13-10)8-2-1-5-12-6-8/h1-7H. The average molecular weight is 235 g/mol. The van der Waals surface area contributed by atoms with Crippen molar-refractivity contribution in [1.82, 2.24) is 9.97 Å². The first-order chi connectivity index (χ1) is 6.36. The van der Waals surface area contributed by atoms with Gasteiger partial charge in [-0.3, -0.25) is 4.98 Å². The molecule has 3 heteroatoms. The summed E-state index contributed by atoms with van der Waals surface area (Å²) in [6.07, 6.45) is 5.40. The number of rotatable bonds is 1. The summed E-state index contributed by atoms with van der Waals surface area (Å²) < 4.78 is 0.847. The molecule has 2 aromatic rings. The quantitative estimate of drug-likeness (QED) is 0.710. The molecule has 2 aromatic heterocycles. The van der Waals surface area contributed by atoms with Crippen LogP contribution in [-0.2, 0) is 0 Å². The van der Waals surface area contributed by atoms with Gasteiger partial charge in [-0.15, -0.1) is 0 Å². The molecule has 0 radical (unpaired) electrons. The molecule has 2 rings (SSSR count). The lowest BCUT2D eigenvalue weighted by Crippen LogP contribution is -1.80. The molecule has 0 aliphatic rings. The van der Waals surface area contributed by atoms with Crippen LogP contribution in [0.2, 0.25) is 0 Å². The van der Waals surface area contributed by atoms with Gasteiger partial charge in [-0.1, -0.05) is 12.1 Å². The van der Waals surface area contributed by atoms with E-state index in [0.29, 0.717) is 0 Å². The predicted octanol–water partition coefficient (Wildman–Crippen LogP) is 2.91. The highest BCUT2D eigenvalue weighted by Crippen LogP contribution is 2.17. The molecule has 0 saturated carbocycles. The molecule has 0 saturated heterocycles. The number of pyridine rings is 2. The third-order valence-electron chi connectivity index (χ3n) is 1.72. The monoisotopic (exact) mass is 234 g/mol. The normalized spacial score (nSPS) is 9.92. The summed E-state index contributed by atoms with van der Waals surface area (Å²) in [5, 5.41) is 0. The molecule has 0 bridgehead atoms. The minimum absolute atomic E-state index is 0.847. The molecule has 2 heterocycles. The van der Waals surface area contributed by atoms with Crippen LogP contribution >= 0.6 is 15.9 Å². The summed E-state index contributed by atoms with van der Waals surface area (Å²) in [5.41, 5.74) is 2.17. The lowest BCUT2D eigenvalue weighted by Gasteiger charge is -1.98. The predicted molar refractivity (Wildman–Crippen MR) is 55.2 cm³/mol. The van der Waals surface area contributed by atoms with Crippen molar-refractivity contribution in [3.63, 3.8) is 0 Å². The first-order valence-electron chi connectivity index (χ1n) is 3.88. The van der Waals surface area contributed by atoms with E-state index in [0.717, 1.165) is 15.7 Å². The van der Waals surface area contributed by atoms with Crippen LogP contribution in [0.25, 0.3) is 11.1 Å². The highest BCUT2D eigenvalue weighted by Gasteiger charge is 1.96. The molecule has 0 unspecified atom stereocenters. The second-order valence-corrected chi connectivity index (χ2v) is 3.42. The zero-order chi connectivity index (χ0) is 9.10. The van der Waals surface area contributed by atoms with Crippen molar-refractivity contribution < 1.29 is 0 Å². The van der Waals surface area contributed by atoms with Crippen molar-refractivity contribution in [2.75, 3.05) is 0 Å². The number of halogens is 1. The number of hydrogen-bond donors (Lipinski definition) is 0. The third-order valence-corrected chi connectivity index (χ3v) is 2.19. The van der Waals surface area contributed by atoms with E-state index in [1.165, 1.54) is 0 Å². The average Bonchev–Trinajstić information content (AvgIpc) is 2.20. The topological polar surface area (TPSA) is 25.8 Å². The van der Waals surface area contributed by atoms with Crippen molar-refractivity contribution in [2.24, 2.45) is 0 Å². The Kier molecular flexibility index (Phi) is 2.36. The van der Waals surface area contributed by atoms with Crippen LogP contribution in [0.1, 0.15) is 0 Å². The molecule has 13 heavy (non-hydrogen) atoms. The van der Waals surface area contributed by atoms with E-state index >= 15 is 0 Å². The molecule has 0 aromatic carbocycles. The number of nitrogens with zero attached hydrogens (tertiary/aromatic N) is 2. The zero-order valence-electron chi connectivity index (χ0n) is 6.81. The van der Waals surface area contributed by atoms with E-state index < -0.39 is 0 Å². The van der Waals surface area contributed by atoms with Crippen molar-refractivity contribution in [1.29, 1.82) is 0 Å². The van der Waals surface area contributed by atoms with Gasteiger partial charge in [0.25, 0.3) is 0 Å². The SMILES string of the molecule is Brc1ccc(-c2cccnc2)cn1. The zero-order valence-corrected chi connectivity index (χ0v) is 8.40. The van der Waals surface area contributed by atoms with Crippen LogP contribution in [0.15, 0.2) is 47.5 Å². The maximum absolute atomic E-state index is 4.14. The van der Waals surface area contributed by atoms with Gasteiger partial charge in [0.2, 0.25) is 0 Å². The molecule has 64 valence electrons. The van der Waals surface area contributed by atoms with Gasteiger partial charge in [0.1, 0.15) is 4.60 Å². The minimum Gasteiger partial charge on any atom is -0.264 e. The van der Waals surface area contributed by atoms with Gasteiger partial charge in [0.15, 0.2) is 0 Å². The van der Waals surface area contributed by atoms with Crippen molar-refractivity contribution in [3.8, 4) is 11.1 Å². The van der Waals surface area contributed by atoms with E-state index in [2.05, 4.69) is 25.9 Å². The molecule has 0 N–H and O–H groups in total. The molecular formula is C10H7BrN2. The van der Waals surface area contributed by atoms with Crippen LogP contribution in [0.4, 0.5) is 0 Å². The summed E-state index contributed by atoms with van der Waals surface area (Å²) in [4.78, 5) is 8.19. The Labute approximate surface area is 84.8 Å². The van der Waals surface area contributed by atoms with Crippen molar-refractivity contribution in [3.05, 3.63) is 47.5 Å². The van der Waals surface area contributed by atoms with Gasteiger partial charge in [0.05, 0.1) is 0 Å². The minimum atomic E-state index is 0.847. The summed E-state index contributed by atoms with van der Waals surface area (Å²) in [7, 11) is 0. The number of aromatic nitrogens is 2. The fraction of sp³-hybridized carbons (Fsp3) is 0. The third kappa shape index (κ3) is 1.92. The van der Waals surface area contributed by atoms with Gasteiger partial charge in [-0.2, -0.15) is 0 Å². The second kappa shape index (κ2) is 3.66. The van der Waals surface area contributed by atoms with Gasteiger partial charge >= 0.3 is 0 Å². The maximum atomic E-state index is 4.14. The van der Waals surface area contributed by atoms with Gasteiger partial charge in [-0.25, -0.2) is 4.98 Å². The molecule has 0 aliphatic carbocycles. The van der Waals surface area contributed by atoms with Crippen molar-refractivity contribution >= 4 is 15.9 Å². The van der Waals surface area contributed by atoms with E-state index in [-0.39, 0.29) is 0 Å². The Balaban J connectivity index is 2.42. The van der Waals surface area contributed by atoms with Gasteiger partial charge in [0, 0.05) is 29.7 Å². The largest absolute Gasteiger partial charge is 0.264 e. The molecule has 0 amide bonds. The Hall–Kier alpha value is -1.22. The van der Waals surface area contributed by atoms with Crippen LogP contribution in [-0.4, -0.2) is 9.97 Å². The highest BCUT2D eigenvalue weighted by atomic mass is 79.9.